The molecule has 0 radical (unpaired) electrons. The van der Waals surface area contributed by atoms with E-state index in [1.54, 1.807) is 0 Å². The largest absolute Gasteiger partial charge is 0.334 e. The van der Waals surface area contributed by atoms with E-state index in [2.05, 4.69) is 64.6 Å². The summed E-state index contributed by atoms with van der Waals surface area (Å²) in [6.07, 6.45) is 1.99. The van der Waals surface area contributed by atoms with Crippen molar-refractivity contribution in [3.8, 4) is 11.3 Å². The Bertz CT molecular complexity index is 1040. The highest BCUT2D eigenvalue weighted by atomic mass is 15.1. The Morgan fingerprint density at radius 1 is 1.09 bits per heavy atom. The van der Waals surface area contributed by atoms with Crippen LogP contribution in [0.5, 0.6) is 0 Å². The Kier molecular flexibility index (Phi) is 2.26. The van der Waals surface area contributed by atoms with Crippen molar-refractivity contribution in [1.29, 1.82) is 0 Å². The van der Waals surface area contributed by atoms with E-state index in [1.807, 2.05) is 6.33 Å². The molecule has 0 unspecified atom stereocenters. The minimum absolute atomic E-state index is 0.916. The summed E-state index contributed by atoms with van der Waals surface area (Å²) in [6, 6.07) is 17.3. The predicted octanol–water partition coefficient (Wildman–Crippen LogP) is 3.53. The van der Waals surface area contributed by atoms with Crippen molar-refractivity contribution in [2.45, 2.75) is 20.0 Å². The van der Waals surface area contributed by atoms with Crippen LogP contribution in [0.1, 0.15) is 12.5 Å². The fourth-order valence-corrected chi connectivity index (χ4v) is 3.78. The molecule has 0 atom stereocenters. The molecule has 0 bridgehead atoms. The second kappa shape index (κ2) is 4.17. The van der Waals surface area contributed by atoms with Crippen LogP contribution in [0.2, 0.25) is 0 Å². The molecule has 22 heavy (non-hydrogen) atoms. The maximum absolute atomic E-state index is 4.77. The van der Waals surface area contributed by atoms with Crippen molar-refractivity contribution in [2.75, 3.05) is 0 Å². The number of aromatic nitrogens is 3. The molecule has 0 N–H and O–H groups in total. The van der Waals surface area contributed by atoms with E-state index in [4.69, 9.17) is 4.98 Å². The van der Waals surface area contributed by atoms with Crippen LogP contribution < -0.4 is 4.57 Å². The predicted molar refractivity (Wildman–Crippen MR) is 87.6 cm³/mol. The molecule has 3 heteroatoms. The number of nitrogens with zero attached hydrogens (tertiary/aromatic N) is 3. The number of hydrogen-bond donors (Lipinski definition) is 0. The van der Waals surface area contributed by atoms with E-state index in [0.717, 1.165) is 18.6 Å². The van der Waals surface area contributed by atoms with E-state index in [-0.39, 0.29) is 0 Å². The van der Waals surface area contributed by atoms with Crippen molar-refractivity contribution >= 4 is 21.9 Å². The van der Waals surface area contributed by atoms with Crippen LogP contribution in [0.3, 0.4) is 0 Å². The van der Waals surface area contributed by atoms with Gasteiger partial charge in [-0.3, -0.25) is 0 Å². The van der Waals surface area contributed by atoms with Gasteiger partial charge in [-0.1, -0.05) is 36.4 Å². The lowest BCUT2D eigenvalue weighted by Gasteiger charge is -2.04. The lowest BCUT2D eigenvalue weighted by Crippen LogP contribution is -2.33. The lowest BCUT2D eigenvalue weighted by atomic mass is 10.1. The third-order valence-corrected chi connectivity index (χ3v) is 4.71. The topological polar surface area (TPSA) is 21.7 Å². The highest BCUT2D eigenvalue weighted by Gasteiger charge is 2.29. The molecular weight excluding hydrogens is 270 g/mol. The zero-order valence-corrected chi connectivity index (χ0v) is 12.5. The van der Waals surface area contributed by atoms with Gasteiger partial charge in [0.2, 0.25) is 5.52 Å². The standard InChI is InChI=1S/C19H16N3/c1-2-22-16-10-6-5-9-15(16)17-19(22)18-14-8-4-3-7-13(14)11-21(18)12-20-17/h3-10,12H,2,11H2,1H3/q+1. The molecule has 0 saturated carbocycles. The van der Waals surface area contributed by atoms with Crippen LogP contribution in [0.15, 0.2) is 54.9 Å². The molecule has 106 valence electrons. The molecule has 1 aliphatic heterocycles. The highest BCUT2D eigenvalue weighted by Crippen LogP contribution is 2.36. The Morgan fingerprint density at radius 2 is 1.91 bits per heavy atom. The molecule has 3 nitrogen and oxygen atoms in total. The zero-order chi connectivity index (χ0) is 14.7. The fraction of sp³-hybridized carbons (Fsp3) is 0.158. The Hall–Kier alpha value is -2.68. The summed E-state index contributed by atoms with van der Waals surface area (Å²) in [5, 5.41) is 1.24. The van der Waals surface area contributed by atoms with Gasteiger partial charge in [-0.25, -0.2) is 4.57 Å². The van der Waals surface area contributed by atoms with Gasteiger partial charge >= 0.3 is 0 Å². The number of hydrogen-bond acceptors (Lipinski definition) is 1. The maximum Gasteiger partial charge on any atom is 0.287 e. The van der Waals surface area contributed by atoms with E-state index in [1.165, 1.54) is 33.2 Å². The molecule has 0 spiro atoms. The van der Waals surface area contributed by atoms with Crippen molar-refractivity contribution in [3.05, 3.63) is 60.4 Å². The molecule has 2 aromatic heterocycles. The average Bonchev–Trinajstić information content (AvgIpc) is 3.09. The summed E-state index contributed by atoms with van der Waals surface area (Å²) in [4.78, 5) is 4.77. The van der Waals surface area contributed by atoms with Gasteiger partial charge in [0.25, 0.3) is 6.33 Å². The molecule has 3 heterocycles. The van der Waals surface area contributed by atoms with E-state index < -0.39 is 0 Å². The molecule has 4 aromatic rings. The maximum atomic E-state index is 4.77. The molecule has 0 saturated heterocycles. The third-order valence-electron chi connectivity index (χ3n) is 4.71. The second-order valence-corrected chi connectivity index (χ2v) is 5.84. The van der Waals surface area contributed by atoms with Crippen molar-refractivity contribution < 1.29 is 4.57 Å². The molecule has 0 aliphatic carbocycles. The summed E-state index contributed by atoms with van der Waals surface area (Å²) >= 11 is 0. The fourth-order valence-electron chi connectivity index (χ4n) is 3.78. The van der Waals surface area contributed by atoms with Crippen molar-refractivity contribution in [1.82, 2.24) is 9.55 Å². The quantitative estimate of drug-likeness (QED) is 0.432. The van der Waals surface area contributed by atoms with Gasteiger partial charge in [0.15, 0.2) is 5.69 Å². The van der Waals surface area contributed by atoms with Crippen molar-refractivity contribution in [3.63, 3.8) is 0 Å². The van der Waals surface area contributed by atoms with Gasteiger partial charge in [0.05, 0.1) is 10.9 Å². The van der Waals surface area contributed by atoms with Gasteiger partial charge in [0.1, 0.15) is 12.1 Å². The third kappa shape index (κ3) is 1.36. The number of fused-ring (bicyclic) bond motifs is 7. The molecular formula is C19H16N3+. The monoisotopic (exact) mass is 286 g/mol. The molecule has 0 fully saturated rings. The zero-order valence-electron chi connectivity index (χ0n) is 12.5. The van der Waals surface area contributed by atoms with Crippen LogP contribution >= 0.6 is 0 Å². The number of aryl methyl sites for hydroxylation is 1. The highest BCUT2D eigenvalue weighted by molar-refractivity contribution is 6.09. The number of para-hydroxylation sites is 1. The molecule has 0 amide bonds. The summed E-state index contributed by atoms with van der Waals surface area (Å²) in [6.45, 7) is 4.07. The Labute approximate surface area is 128 Å². The first-order chi connectivity index (χ1) is 10.9. The van der Waals surface area contributed by atoms with Gasteiger partial charge in [-0.05, 0) is 24.0 Å². The Morgan fingerprint density at radius 3 is 2.82 bits per heavy atom. The normalized spacial score (nSPS) is 12.8. The molecule has 5 rings (SSSR count). The first-order valence-electron chi connectivity index (χ1n) is 7.76. The van der Waals surface area contributed by atoms with Crippen LogP contribution in [0, 0.1) is 0 Å². The minimum Gasteiger partial charge on any atom is -0.334 e. The van der Waals surface area contributed by atoms with E-state index >= 15 is 0 Å². The number of rotatable bonds is 1. The summed E-state index contributed by atoms with van der Waals surface area (Å²) in [5.74, 6) is 0. The smallest absolute Gasteiger partial charge is 0.287 e. The summed E-state index contributed by atoms with van der Waals surface area (Å²) in [5.41, 5.74) is 7.66. The lowest BCUT2D eigenvalue weighted by molar-refractivity contribution is -0.673. The van der Waals surface area contributed by atoms with Crippen LogP contribution in [-0.2, 0) is 13.1 Å². The van der Waals surface area contributed by atoms with E-state index in [0.29, 0.717) is 0 Å². The van der Waals surface area contributed by atoms with Gasteiger partial charge < -0.3 is 4.57 Å². The van der Waals surface area contributed by atoms with Crippen LogP contribution in [0.25, 0.3) is 33.2 Å². The first kappa shape index (κ1) is 11.9. The van der Waals surface area contributed by atoms with Crippen LogP contribution in [-0.4, -0.2) is 9.55 Å². The second-order valence-electron chi connectivity index (χ2n) is 5.84. The molecule has 2 aromatic carbocycles. The van der Waals surface area contributed by atoms with Gasteiger partial charge in [-0.15, -0.1) is 0 Å². The van der Waals surface area contributed by atoms with E-state index in [9.17, 15) is 0 Å². The number of benzene rings is 2. The van der Waals surface area contributed by atoms with Crippen molar-refractivity contribution in [2.24, 2.45) is 0 Å². The minimum atomic E-state index is 0.916. The van der Waals surface area contributed by atoms with Gasteiger partial charge in [-0.2, -0.15) is 0 Å². The summed E-state index contributed by atoms with van der Waals surface area (Å²) in [7, 11) is 0. The summed E-state index contributed by atoms with van der Waals surface area (Å²) < 4.78 is 4.67. The SMILES string of the molecule is CCn1c2ccccc2c2nc[n+]3c(c21)-c1ccccc1C3. The van der Waals surface area contributed by atoms with Crippen LogP contribution in [0.4, 0.5) is 0 Å². The Balaban J connectivity index is 2.03. The van der Waals surface area contributed by atoms with Gasteiger partial charge in [0, 0.05) is 17.7 Å². The first-order valence-corrected chi connectivity index (χ1v) is 7.76. The average molecular weight is 286 g/mol. The molecule has 1 aliphatic rings.